The number of ether oxygens (including phenoxy) is 2. The lowest BCUT2D eigenvalue weighted by atomic mass is 10.3. The van der Waals surface area contributed by atoms with Crippen molar-refractivity contribution in [1.82, 2.24) is 15.0 Å². The highest BCUT2D eigenvalue weighted by Gasteiger charge is 2.17. The summed E-state index contributed by atoms with van der Waals surface area (Å²) in [5.41, 5.74) is 0.935. The van der Waals surface area contributed by atoms with Gasteiger partial charge in [0.1, 0.15) is 11.9 Å². The molecule has 1 atom stereocenters. The second-order valence-electron chi connectivity index (χ2n) is 3.75. The monoisotopic (exact) mass is 221 g/mol. The first-order valence-corrected chi connectivity index (χ1v) is 5.14. The topological polar surface area (TPSA) is 80.0 Å². The van der Waals surface area contributed by atoms with Crippen LogP contribution in [0.3, 0.4) is 0 Å². The Kier molecular flexibility index (Phi) is 2.14. The van der Waals surface area contributed by atoms with E-state index in [1.807, 2.05) is 0 Å². The molecule has 6 heteroatoms. The van der Waals surface area contributed by atoms with Crippen molar-refractivity contribution in [3.8, 4) is 5.75 Å². The van der Waals surface area contributed by atoms with Crippen LogP contribution in [0.4, 0.5) is 0 Å². The summed E-state index contributed by atoms with van der Waals surface area (Å²) in [6, 6.07) is 1.76. The van der Waals surface area contributed by atoms with Crippen LogP contribution >= 0.6 is 0 Å². The predicted molar refractivity (Wildman–Crippen MR) is 56.6 cm³/mol. The van der Waals surface area contributed by atoms with Crippen molar-refractivity contribution >= 4 is 11.2 Å². The Morgan fingerprint density at radius 3 is 3.25 bits per heavy atom. The number of H-pyrrole nitrogens is 2. The highest BCUT2D eigenvalue weighted by molar-refractivity contribution is 5.70. The van der Waals surface area contributed by atoms with Crippen LogP contribution in [0, 0.1) is 0 Å². The molecule has 3 heterocycles. The first-order chi connectivity index (χ1) is 7.81. The van der Waals surface area contributed by atoms with Crippen molar-refractivity contribution in [1.29, 1.82) is 0 Å². The molecule has 0 aliphatic carbocycles. The molecule has 84 valence electrons. The van der Waals surface area contributed by atoms with Gasteiger partial charge in [-0.05, 0) is 0 Å². The van der Waals surface area contributed by atoms with E-state index >= 15 is 0 Å². The minimum atomic E-state index is -0.260. The second kappa shape index (κ2) is 3.64. The van der Waals surface area contributed by atoms with Gasteiger partial charge in [0.15, 0.2) is 5.65 Å². The summed E-state index contributed by atoms with van der Waals surface area (Å²) in [5.74, 6) is 0.651. The van der Waals surface area contributed by atoms with E-state index in [4.69, 9.17) is 9.47 Å². The van der Waals surface area contributed by atoms with Crippen molar-refractivity contribution in [2.24, 2.45) is 0 Å². The van der Waals surface area contributed by atoms with E-state index in [0.29, 0.717) is 23.5 Å². The summed E-state index contributed by atoms with van der Waals surface area (Å²) in [7, 11) is 0. The predicted octanol–water partition coefficient (Wildman–Crippen LogP) is 0.419. The van der Waals surface area contributed by atoms with E-state index in [0.717, 1.165) is 13.0 Å². The summed E-state index contributed by atoms with van der Waals surface area (Å²) in [6.07, 6.45) is 2.58. The zero-order valence-corrected chi connectivity index (χ0v) is 8.53. The van der Waals surface area contributed by atoms with Crippen LogP contribution in [0.15, 0.2) is 17.1 Å². The second-order valence-corrected chi connectivity index (χ2v) is 3.75. The van der Waals surface area contributed by atoms with Crippen molar-refractivity contribution in [3.63, 3.8) is 0 Å². The molecule has 16 heavy (non-hydrogen) atoms. The van der Waals surface area contributed by atoms with Gasteiger partial charge in [-0.25, -0.2) is 9.78 Å². The van der Waals surface area contributed by atoms with Crippen LogP contribution in [0.25, 0.3) is 11.2 Å². The zero-order valence-electron chi connectivity index (χ0n) is 8.53. The minimum absolute atomic E-state index is 0.0879. The summed E-state index contributed by atoms with van der Waals surface area (Å²) < 4.78 is 10.9. The highest BCUT2D eigenvalue weighted by atomic mass is 16.5. The molecule has 1 aliphatic rings. The van der Waals surface area contributed by atoms with Gasteiger partial charge in [0.05, 0.1) is 24.9 Å². The molecule has 1 fully saturated rings. The number of pyridine rings is 1. The summed E-state index contributed by atoms with van der Waals surface area (Å²) in [6.45, 7) is 1.35. The Bertz CT molecular complexity index is 554. The molecule has 0 spiro atoms. The third-order valence-corrected chi connectivity index (χ3v) is 2.53. The van der Waals surface area contributed by atoms with E-state index < -0.39 is 0 Å². The van der Waals surface area contributed by atoms with E-state index in [9.17, 15) is 4.79 Å². The van der Waals surface area contributed by atoms with Crippen LogP contribution in [-0.4, -0.2) is 34.3 Å². The standard InChI is InChI=1S/C10H11N3O3/c14-10-12-8-3-7(4-11-9(8)13-10)16-6-1-2-15-5-6/h3-4,6H,1-2,5H2,(H2,11,12,13,14)/t6-/m0/s1. The number of aromatic amines is 2. The minimum Gasteiger partial charge on any atom is -0.486 e. The Morgan fingerprint density at radius 2 is 2.44 bits per heavy atom. The fraction of sp³-hybridized carbons (Fsp3) is 0.400. The molecule has 2 aromatic heterocycles. The molecule has 2 N–H and O–H groups in total. The third-order valence-electron chi connectivity index (χ3n) is 2.53. The van der Waals surface area contributed by atoms with Crippen LogP contribution in [0.5, 0.6) is 5.75 Å². The van der Waals surface area contributed by atoms with Crippen molar-refractivity contribution in [2.75, 3.05) is 13.2 Å². The van der Waals surface area contributed by atoms with Gasteiger partial charge in [-0.15, -0.1) is 0 Å². The van der Waals surface area contributed by atoms with E-state index in [2.05, 4.69) is 15.0 Å². The van der Waals surface area contributed by atoms with E-state index in [1.54, 1.807) is 12.3 Å². The maximum absolute atomic E-state index is 11.0. The zero-order chi connectivity index (χ0) is 11.0. The van der Waals surface area contributed by atoms with Gasteiger partial charge in [-0.2, -0.15) is 0 Å². The number of hydrogen-bond donors (Lipinski definition) is 2. The van der Waals surface area contributed by atoms with Crippen LogP contribution in [0.2, 0.25) is 0 Å². The Hall–Kier alpha value is -1.82. The third kappa shape index (κ3) is 1.67. The number of nitrogens with zero attached hydrogens (tertiary/aromatic N) is 1. The molecule has 0 radical (unpaired) electrons. The van der Waals surface area contributed by atoms with Gasteiger partial charge in [0.25, 0.3) is 0 Å². The number of aromatic nitrogens is 3. The lowest BCUT2D eigenvalue weighted by Gasteiger charge is -2.10. The van der Waals surface area contributed by atoms with Crippen molar-refractivity contribution in [3.05, 3.63) is 22.7 Å². The van der Waals surface area contributed by atoms with Crippen LogP contribution in [0.1, 0.15) is 6.42 Å². The van der Waals surface area contributed by atoms with Crippen molar-refractivity contribution < 1.29 is 9.47 Å². The summed E-state index contributed by atoms with van der Waals surface area (Å²) in [5, 5.41) is 0. The molecule has 0 unspecified atom stereocenters. The van der Waals surface area contributed by atoms with Gasteiger partial charge in [0, 0.05) is 12.5 Å². The lowest BCUT2D eigenvalue weighted by Crippen LogP contribution is -2.15. The quantitative estimate of drug-likeness (QED) is 0.770. The van der Waals surface area contributed by atoms with Gasteiger partial charge in [0.2, 0.25) is 0 Å². The normalized spacial score (nSPS) is 20.4. The lowest BCUT2D eigenvalue weighted by molar-refractivity contribution is 0.141. The maximum Gasteiger partial charge on any atom is 0.325 e. The summed E-state index contributed by atoms with van der Waals surface area (Å²) >= 11 is 0. The number of hydrogen-bond acceptors (Lipinski definition) is 4. The largest absolute Gasteiger partial charge is 0.486 e. The first kappa shape index (κ1) is 9.41. The van der Waals surface area contributed by atoms with Gasteiger partial charge in [-0.1, -0.05) is 0 Å². The molecule has 0 amide bonds. The molecule has 2 aromatic rings. The molecule has 1 saturated heterocycles. The first-order valence-electron chi connectivity index (χ1n) is 5.14. The fourth-order valence-corrected chi connectivity index (χ4v) is 1.76. The average molecular weight is 221 g/mol. The van der Waals surface area contributed by atoms with Crippen molar-refractivity contribution in [2.45, 2.75) is 12.5 Å². The molecule has 3 rings (SSSR count). The molecular formula is C10H11N3O3. The Morgan fingerprint density at radius 1 is 1.50 bits per heavy atom. The van der Waals surface area contributed by atoms with E-state index in [1.165, 1.54) is 0 Å². The Balaban J connectivity index is 1.89. The SMILES string of the molecule is O=c1[nH]c2cc(O[C@H]3CCOC3)cnc2[nH]1. The average Bonchev–Trinajstić information content (AvgIpc) is 2.85. The molecule has 6 nitrogen and oxygen atoms in total. The molecule has 0 aromatic carbocycles. The van der Waals surface area contributed by atoms with E-state index in [-0.39, 0.29) is 11.8 Å². The molecule has 0 saturated carbocycles. The maximum atomic E-state index is 11.0. The Labute approximate surface area is 90.6 Å². The highest BCUT2D eigenvalue weighted by Crippen LogP contribution is 2.18. The summed E-state index contributed by atoms with van der Waals surface area (Å²) in [4.78, 5) is 20.3. The number of rotatable bonds is 2. The van der Waals surface area contributed by atoms with Gasteiger partial charge in [-0.3, -0.25) is 4.98 Å². The number of imidazole rings is 1. The van der Waals surface area contributed by atoms with Gasteiger partial charge < -0.3 is 14.5 Å². The van der Waals surface area contributed by atoms with Crippen LogP contribution < -0.4 is 10.4 Å². The number of nitrogens with one attached hydrogen (secondary N) is 2. The number of fused-ring (bicyclic) bond motifs is 1. The van der Waals surface area contributed by atoms with Gasteiger partial charge >= 0.3 is 5.69 Å². The van der Waals surface area contributed by atoms with Crippen LogP contribution in [-0.2, 0) is 4.74 Å². The fourth-order valence-electron chi connectivity index (χ4n) is 1.76. The molecule has 0 bridgehead atoms. The smallest absolute Gasteiger partial charge is 0.325 e. The molecular weight excluding hydrogens is 210 g/mol. The molecule has 1 aliphatic heterocycles.